The molecule has 0 aromatic rings. The number of hydrogen-bond donors (Lipinski definition) is 0. The quantitative estimate of drug-likeness (QED) is 0.157. The predicted molar refractivity (Wildman–Crippen MR) is 128 cm³/mol. The van der Waals surface area contributed by atoms with Gasteiger partial charge in [0, 0.05) is 12.8 Å². The third-order valence-corrected chi connectivity index (χ3v) is 5.92. The Balaban J connectivity index is 3.79. The third kappa shape index (κ3) is 19.3. The van der Waals surface area contributed by atoms with Crippen LogP contribution in [0, 0.1) is 0 Å². The van der Waals surface area contributed by atoms with Crippen LogP contribution in [0.1, 0.15) is 84.5 Å². The highest BCUT2D eigenvalue weighted by Gasteiger charge is 2.17. The fraction of sp³-hybridized carbons (Fsp3) is 0.920. The van der Waals surface area contributed by atoms with Gasteiger partial charge in [0.15, 0.2) is 0 Å². The number of likely N-dealkylation sites (N-methyl/N-ethyl adjacent to an activating group) is 2. The van der Waals surface area contributed by atoms with Gasteiger partial charge in [0.05, 0.1) is 41.3 Å². The van der Waals surface area contributed by atoms with Crippen molar-refractivity contribution in [2.45, 2.75) is 84.5 Å². The van der Waals surface area contributed by atoms with Crippen LogP contribution >= 0.6 is 0 Å². The average Bonchev–Trinajstić information content (AvgIpc) is 2.68. The van der Waals surface area contributed by atoms with Crippen LogP contribution in [0.5, 0.6) is 0 Å². The first kappa shape index (κ1) is 29.9. The molecule has 0 heterocycles. The minimum absolute atomic E-state index is 0.219. The minimum atomic E-state index is -0.219. The molecule has 0 aliphatic carbocycles. The van der Waals surface area contributed by atoms with Gasteiger partial charge in [0.2, 0.25) is 0 Å². The zero-order chi connectivity index (χ0) is 23.6. The molecule has 0 saturated carbocycles. The first-order valence-corrected chi connectivity index (χ1v) is 12.6. The molecule has 6 nitrogen and oxygen atoms in total. The van der Waals surface area contributed by atoms with Crippen LogP contribution in [-0.4, -0.2) is 88.5 Å². The second kappa shape index (κ2) is 17.4. The highest BCUT2D eigenvalue weighted by atomic mass is 16.5. The lowest BCUT2D eigenvalue weighted by Gasteiger charge is -2.29. The number of unbranched alkanes of at least 4 members (excludes halogenated alkanes) is 6. The summed E-state index contributed by atoms with van der Waals surface area (Å²) in [6, 6.07) is 0. The van der Waals surface area contributed by atoms with Crippen LogP contribution in [0.3, 0.4) is 0 Å². The van der Waals surface area contributed by atoms with Crippen molar-refractivity contribution < 1.29 is 28.0 Å². The van der Waals surface area contributed by atoms with Gasteiger partial charge in [-0.15, -0.1) is 0 Å². The lowest BCUT2D eigenvalue weighted by atomic mass is 10.2. The summed E-state index contributed by atoms with van der Waals surface area (Å²) in [6.07, 6.45) is 11.1. The smallest absolute Gasteiger partial charge is 0.306 e. The van der Waals surface area contributed by atoms with E-state index in [4.69, 9.17) is 9.47 Å². The van der Waals surface area contributed by atoms with E-state index in [0.29, 0.717) is 19.6 Å². The summed E-state index contributed by atoms with van der Waals surface area (Å²) < 4.78 is 12.5. The van der Waals surface area contributed by atoms with Crippen molar-refractivity contribution in [2.75, 3.05) is 67.6 Å². The highest BCUT2D eigenvalue weighted by Crippen LogP contribution is 2.07. The highest BCUT2D eigenvalue weighted by molar-refractivity contribution is 5.72. The van der Waals surface area contributed by atoms with Crippen LogP contribution in [0.2, 0.25) is 0 Å². The van der Waals surface area contributed by atoms with Crippen molar-refractivity contribution in [3.05, 3.63) is 0 Å². The number of rotatable bonds is 20. The largest absolute Gasteiger partial charge is 0.460 e. The second-order valence-corrected chi connectivity index (χ2v) is 10.2. The molecule has 0 aliphatic heterocycles. The normalized spacial score (nSPS) is 12.1. The van der Waals surface area contributed by atoms with E-state index in [0.717, 1.165) is 35.1 Å². The molecule has 31 heavy (non-hydrogen) atoms. The predicted octanol–water partition coefficient (Wildman–Crippen LogP) is 4.56. The summed E-state index contributed by atoms with van der Waals surface area (Å²) >= 11 is 0. The van der Waals surface area contributed by atoms with E-state index < -0.39 is 0 Å². The molecule has 0 amide bonds. The average molecular weight is 445 g/mol. The summed E-state index contributed by atoms with van der Waals surface area (Å²) in [4.78, 5) is 23.8. The van der Waals surface area contributed by atoms with Crippen LogP contribution in [-0.2, 0) is 19.1 Å². The fourth-order valence-electron chi connectivity index (χ4n) is 3.49. The molecule has 0 saturated heterocycles. The van der Waals surface area contributed by atoms with Gasteiger partial charge in [-0.3, -0.25) is 9.59 Å². The monoisotopic (exact) mass is 444 g/mol. The zero-order valence-corrected chi connectivity index (χ0v) is 21.5. The van der Waals surface area contributed by atoms with Crippen LogP contribution in [0.4, 0.5) is 0 Å². The number of carbonyl (C=O) groups is 2. The maximum atomic E-state index is 11.9. The van der Waals surface area contributed by atoms with Gasteiger partial charge in [0.25, 0.3) is 0 Å². The Kier molecular flexibility index (Phi) is 16.8. The minimum Gasteiger partial charge on any atom is -0.460 e. The Labute approximate surface area is 192 Å². The van der Waals surface area contributed by atoms with E-state index in [2.05, 4.69) is 42.0 Å². The number of esters is 2. The van der Waals surface area contributed by atoms with E-state index in [1.54, 1.807) is 0 Å². The number of quaternary nitrogens is 2. The number of hydrogen-bond acceptors (Lipinski definition) is 4. The molecule has 0 fully saturated rings. The van der Waals surface area contributed by atoms with Crippen LogP contribution in [0.25, 0.3) is 0 Å². The van der Waals surface area contributed by atoms with Crippen molar-refractivity contribution in [3.8, 4) is 0 Å². The van der Waals surface area contributed by atoms with Gasteiger partial charge >= 0.3 is 11.9 Å². The van der Waals surface area contributed by atoms with Gasteiger partial charge in [-0.2, -0.15) is 0 Å². The Morgan fingerprint density at radius 2 is 0.935 bits per heavy atom. The summed E-state index contributed by atoms with van der Waals surface area (Å²) in [5, 5.41) is 0. The molecule has 6 heteroatoms. The summed E-state index contributed by atoms with van der Waals surface area (Å²) in [5.74, 6) is -0.438. The third-order valence-electron chi connectivity index (χ3n) is 5.92. The van der Waals surface area contributed by atoms with Crippen LogP contribution in [0.15, 0.2) is 0 Å². The SMILES string of the molecule is CCCCCC[N+](C)(C)CCOC(=O)CCCC(=O)OCC[N+](C)(C)CCCCCC. The topological polar surface area (TPSA) is 52.6 Å². The summed E-state index contributed by atoms with van der Waals surface area (Å²) in [6.45, 7) is 9.18. The van der Waals surface area contributed by atoms with Gasteiger partial charge < -0.3 is 18.4 Å². The second-order valence-electron chi connectivity index (χ2n) is 10.2. The molecule has 0 spiro atoms. The number of ether oxygens (including phenoxy) is 2. The van der Waals surface area contributed by atoms with E-state index in [-0.39, 0.29) is 24.8 Å². The molecule has 184 valence electrons. The zero-order valence-electron chi connectivity index (χ0n) is 21.5. The molecular formula is C25H52N2O4+2. The Morgan fingerprint density at radius 1 is 0.548 bits per heavy atom. The maximum Gasteiger partial charge on any atom is 0.306 e. The molecule has 0 radical (unpaired) electrons. The van der Waals surface area contributed by atoms with E-state index in [1.807, 2.05) is 0 Å². The van der Waals surface area contributed by atoms with Crippen molar-refractivity contribution in [1.29, 1.82) is 0 Å². The molecule has 0 rings (SSSR count). The van der Waals surface area contributed by atoms with E-state index >= 15 is 0 Å². The summed E-state index contributed by atoms with van der Waals surface area (Å²) in [5.41, 5.74) is 0. The van der Waals surface area contributed by atoms with Gasteiger partial charge in [-0.1, -0.05) is 39.5 Å². The Hall–Kier alpha value is -1.14. The lowest BCUT2D eigenvalue weighted by molar-refractivity contribution is -0.890. The van der Waals surface area contributed by atoms with Crippen molar-refractivity contribution >= 4 is 11.9 Å². The van der Waals surface area contributed by atoms with Crippen molar-refractivity contribution in [3.63, 3.8) is 0 Å². The van der Waals surface area contributed by atoms with Gasteiger partial charge in [0.1, 0.15) is 26.3 Å². The molecule has 0 aromatic carbocycles. The molecule has 0 aromatic heterocycles. The molecule has 0 aliphatic rings. The maximum absolute atomic E-state index is 11.9. The lowest BCUT2D eigenvalue weighted by Crippen LogP contribution is -2.43. The van der Waals surface area contributed by atoms with Gasteiger partial charge in [-0.05, 0) is 32.1 Å². The molecule has 0 N–H and O–H groups in total. The number of carbonyl (C=O) groups excluding carboxylic acids is 2. The molecule has 0 bridgehead atoms. The molecule has 0 unspecified atom stereocenters. The molecule has 0 atom stereocenters. The van der Waals surface area contributed by atoms with E-state index in [1.165, 1.54) is 51.4 Å². The van der Waals surface area contributed by atoms with Crippen LogP contribution < -0.4 is 0 Å². The fourth-order valence-corrected chi connectivity index (χ4v) is 3.49. The van der Waals surface area contributed by atoms with Crippen molar-refractivity contribution in [1.82, 2.24) is 0 Å². The molecular weight excluding hydrogens is 392 g/mol. The number of nitrogens with zero attached hydrogens (tertiary/aromatic N) is 2. The summed E-state index contributed by atoms with van der Waals surface area (Å²) in [7, 11) is 8.73. The first-order chi connectivity index (χ1) is 14.6. The standard InChI is InChI=1S/C25H52N2O4/c1-7-9-11-13-18-26(3,4)20-22-30-24(28)16-15-17-25(29)31-23-21-27(5,6)19-14-12-10-8-2/h7-23H2,1-6H3/q+2. The Bertz CT molecular complexity index is 436. The van der Waals surface area contributed by atoms with Gasteiger partial charge in [-0.25, -0.2) is 0 Å². The first-order valence-electron chi connectivity index (χ1n) is 12.6. The van der Waals surface area contributed by atoms with E-state index in [9.17, 15) is 9.59 Å². The Morgan fingerprint density at radius 3 is 1.29 bits per heavy atom. The van der Waals surface area contributed by atoms with Crippen molar-refractivity contribution in [2.24, 2.45) is 0 Å².